The maximum atomic E-state index is 6.65. The average molecular weight is 341 g/mol. The number of alkyl halides is 2. The summed E-state index contributed by atoms with van der Waals surface area (Å²) in [5.41, 5.74) is 0. The van der Waals surface area contributed by atoms with Gasteiger partial charge in [-0.3, -0.25) is 0 Å². The fraction of sp³-hybridized carbons (Fsp3) is 1.00. The standard InChI is InChI=1S/C16H34Cl2OSi/c1-9-10-11-13(17)14(18)15(12(2)3)19-20(7,8)16(4,5)6/h12-15H,9-11H2,1-8H3/t13-,14+,15?/m1/s1. The predicted molar refractivity (Wildman–Crippen MR) is 95.7 cm³/mol. The van der Waals surface area contributed by atoms with Gasteiger partial charge in [0, 0.05) is 0 Å². The first-order valence-corrected chi connectivity index (χ1v) is 11.7. The van der Waals surface area contributed by atoms with Crippen LogP contribution in [-0.2, 0) is 4.43 Å². The van der Waals surface area contributed by atoms with Gasteiger partial charge in [0.2, 0.25) is 0 Å². The van der Waals surface area contributed by atoms with E-state index in [1.165, 1.54) is 0 Å². The zero-order chi connectivity index (χ0) is 16.1. The maximum Gasteiger partial charge on any atom is 0.192 e. The minimum atomic E-state index is -1.81. The van der Waals surface area contributed by atoms with Crippen LogP contribution < -0.4 is 0 Å². The van der Waals surface area contributed by atoms with E-state index in [0.29, 0.717) is 5.92 Å². The Balaban J connectivity index is 4.89. The summed E-state index contributed by atoms with van der Waals surface area (Å²) in [5, 5.41) is 0.0771. The van der Waals surface area contributed by atoms with Gasteiger partial charge in [0.15, 0.2) is 8.32 Å². The topological polar surface area (TPSA) is 9.23 Å². The largest absolute Gasteiger partial charge is 0.412 e. The van der Waals surface area contributed by atoms with E-state index in [-0.39, 0.29) is 21.9 Å². The molecule has 0 aliphatic heterocycles. The number of hydrogen-bond acceptors (Lipinski definition) is 1. The Bertz CT molecular complexity index is 274. The van der Waals surface area contributed by atoms with Crippen LogP contribution in [0.15, 0.2) is 0 Å². The maximum absolute atomic E-state index is 6.65. The van der Waals surface area contributed by atoms with Gasteiger partial charge in [0.05, 0.1) is 16.9 Å². The van der Waals surface area contributed by atoms with E-state index in [4.69, 9.17) is 27.6 Å². The molecular weight excluding hydrogens is 307 g/mol. The van der Waals surface area contributed by atoms with Crippen LogP contribution in [0.3, 0.4) is 0 Å². The smallest absolute Gasteiger partial charge is 0.192 e. The van der Waals surface area contributed by atoms with Crippen molar-refractivity contribution in [1.29, 1.82) is 0 Å². The van der Waals surface area contributed by atoms with Gasteiger partial charge in [-0.2, -0.15) is 0 Å². The second kappa shape index (κ2) is 8.41. The average Bonchev–Trinajstić information content (AvgIpc) is 2.30. The molecule has 0 saturated carbocycles. The van der Waals surface area contributed by atoms with Crippen LogP contribution in [0.25, 0.3) is 0 Å². The van der Waals surface area contributed by atoms with E-state index in [9.17, 15) is 0 Å². The van der Waals surface area contributed by atoms with Gasteiger partial charge in [-0.15, -0.1) is 23.2 Å². The Kier molecular flexibility index (Phi) is 8.72. The third kappa shape index (κ3) is 6.25. The van der Waals surface area contributed by atoms with Gasteiger partial charge in [-0.05, 0) is 30.5 Å². The lowest BCUT2D eigenvalue weighted by molar-refractivity contribution is 0.126. The van der Waals surface area contributed by atoms with Gasteiger partial charge >= 0.3 is 0 Å². The summed E-state index contributed by atoms with van der Waals surface area (Å²) in [6.45, 7) is 17.9. The Morgan fingerprint density at radius 1 is 1.10 bits per heavy atom. The molecule has 1 nitrogen and oxygen atoms in total. The summed E-state index contributed by atoms with van der Waals surface area (Å²) < 4.78 is 6.55. The normalized spacial score (nSPS) is 18.1. The highest BCUT2D eigenvalue weighted by atomic mass is 35.5. The lowest BCUT2D eigenvalue weighted by Gasteiger charge is -2.42. The lowest BCUT2D eigenvalue weighted by atomic mass is 9.99. The van der Waals surface area contributed by atoms with Crippen molar-refractivity contribution in [3.63, 3.8) is 0 Å². The van der Waals surface area contributed by atoms with Crippen LogP contribution in [0.1, 0.15) is 60.8 Å². The molecule has 0 aliphatic rings. The Morgan fingerprint density at radius 2 is 1.60 bits per heavy atom. The zero-order valence-corrected chi connectivity index (χ0v) is 17.1. The quantitative estimate of drug-likeness (QED) is 0.365. The molecule has 1 unspecified atom stereocenters. The van der Waals surface area contributed by atoms with Crippen LogP contribution in [0.5, 0.6) is 0 Å². The van der Waals surface area contributed by atoms with Crippen molar-refractivity contribution in [1.82, 2.24) is 0 Å². The van der Waals surface area contributed by atoms with Gasteiger partial charge < -0.3 is 4.43 Å². The minimum absolute atomic E-state index is 0.00575. The summed E-state index contributed by atoms with van der Waals surface area (Å²) in [5.74, 6) is 0.384. The van der Waals surface area contributed by atoms with Crippen LogP contribution in [0.4, 0.5) is 0 Å². The van der Waals surface area contributed by atoms with Gasteiger partial charge in [-0.25, -0.2) is 0 Å². The Labute approximate surface area is 137 Å². The molecule has 20 heavy (non-hydrogen) atoms. The van der Waals surface area contributed by atoms with Crippen molar-refractivity contribution >= 4 is 31.5 Å². The minimum Gasteiger partial charge on any atom is -0.412 e. The number of unbranched alkanes of at least 4 members (excludes halogenated alkanes) is 1. The Morgan fingerprint density at radius 3 is 1.95 bits per heavy atom. The van der Waals surface area contributed by atoms with Crippen molar-refractivity contribution in [2.45, 2.75) is 95.8 Å². The van der Waals surface area contributed by atoms with Crippen LogP contribution in [0.2, 0.25) is 18.1 Å². The summed E-state index contributed by atoms with van der Waals surface area (Å²) in [6, 6.07) is 0. The highest BCUT2D eigenvalue weighted by Gasteiger charge is 2.42. The molecule has 0 fully saturated rings. The summed E-state index contributed by atoms with van der Waals surface area (Å²) in [6.07, 6.45) is 3.29. The molecule has 3 atom stereocenters. The molecule has 0 aromatic rings. The highest BCUT2D eigenvalue weighted by molar-refractivity contribution is 6.74. The predicted octanol–water partition coefficient (Wildman–Crippen LogP) is 6.44. The fourth-order valence-corrected chi connectivity index (χ4v) is 4.15. The van der Waals surface area contributed by atoms with E-state index in [1.807, 2.05) is 0 Å². The van der Waals surface area contributed by atoms with Crippen molar-refractivity contribution in [3.05, 3.63) is 0 Å². The van der Waals surface area contributed by atoms with Gasteiger partial charge in [-0.1, -0.05) is 54.4 Å². The lowest BCUT2D eigenvalue weighted by Crippen LogP contribution is -2.49. The number of halogens is 2. The first-order chi connectivity index (χ1) is 8.94. The van der Waals surface area contributed by atoms with Crippen molar-refractivity contribution in [3.8, 4) is 0 Å². The van der Waals surface area contributed by atoms with Gasteiger partial charge in [0.1, 0.15) is 0 Å². The SMILES string of the molecule is CCCC[C@@H](Cl)[C@H](Cl)C(O[Si](C)(C)C(C)(C)C)C(C)C. The molecule has 0 saturated heterocycles. The zero-order valence-electron chi connectivity index (χ0n) is 14.6. The molecule has 0 rings (SSSR count). The molecule has 0 aliphatic carbocycles. The first kappa shape index (κ1) is 20.8. The first-order valence-electron chi connectivity index (χ1n) is 7.90. The van der Waals surface area contributed by atoms with Crippen LogP contribution >= 0.6 is 23.2 Å². The third-order valence-electron chi connectivity index (χ3n) is 4.39. The van der Waals surface area contributed by atoms with Gasteiger partial charge in [0.25, 0.3) is 0 Å². The summed E-state index contributed by atoms with van der Waals surface area (Å²) in [7, 11) is -1.81. The van der Waals surface area contributed by atoms with Crippen LogP contribution in [-0.4, -0.2) is 25.2 Å². The molecule has 0 heterocycles. The second-order valence-corrected chi connectivity index (χ2v) is 13.5. The van der Waals surface area contributed by atoms with E-state index >= 15 is 0 Å². The molecule has 0 aromatic heterocycles. The summed E-state index contributed by atoms with van der Waals surface area (Å²) >= 11 is 13.1. The van der Waals surface area contributed by atoms with E-state index < -0.39 is 8.32 Å². The molecule has 0 bridgehead atoms. The third-order valence-corrected chi connectivity index (χ3v) is 10.0. The molecule has 122 valence electrons. The fourth-order valence-electron chi connectivity index (χ4n) is 1.85. The second-order valence-electron chi connectivity index (χ2n) is 7.69. The molecule has 0 aromatic carbocycles. The van der Waals surface area contributed by atoms with Crippen molar-refractivity contribution in [2.24, 2.45) is 5.92 Å². The van der Waals surface area contributed by atoms with E-state index in [1.54, 1.807) is 0 Å². The molecule has 4 heteroatoms. The monoisotopic (exact) mass is 340 g/mol. The van der Waals surface area contributed by atoms with E-state index in [0.717, 1.165) is 19.3 Å². The number of rotatable bonds is 8. The molecule has 0 radical (unpaired) electrons. The Hall–Kier alpha value is 0.757. The van der Waals surface area contributed by atoms with Crippen LogP contribution in [0, 0.1) is 5.92 Å². The molecule has 0 N–H and O–H groups in total. The van der Waals surface area contributed by atoms with E-state index in [2.05, 4.69) is 54.6 Å². The summed E-state index contributed by atoms with van der Waals surface area (Å²) in [4.78, 5) is 0. The highest BCUT2D eigenvalue weighted by Crippen LogP contribution is 2.39. The van der Waals surface area contributed by atoms with Crippen molar-refractivity contribution < 1.29 is 4.43 Å². The molecule has 0 spiro atoms. The van der Waals surface area contributed by atoms with Crippen molar-refractivity contribution in [2.75, 3.05) is 0 Å². The number of hydrogen-bond donors (Lipinski definition) is 0. The molecular formula is C16H34Cl2OSi. The molecule has 0 amide bonds.